The lowest BCUT2D eigenvalue weighted by molar-refractivity contribution is -0.118. The summed E-state index contributed by atoms with van der Waals surface area (Å²) in [4.78, 5) is 34.4. The van der Waals surface area contributed by atoms with Crippen LogP contribution in [0.1, 0.15) is 20.1 Å². The van der Waals surface area contributed by atoms with Gasteiger partial charge in [-0.15, -0.1) is 0 Å². The van der Waals surface area contributed by atoms with Crippen molar-refractivity contribution in [2.24, 2.45) is 11.7 Å². The van der Waals surface area contributed by atoms with E-state index in [2.05, 4.69) is 20.3 Å². The van der Waals surface area contributed by atoms with Gasteiger partial charge in [0.1, 0.15) is 6.10 Å². The highest BCUT2D eigenvalue weighted by Gasteiger charge is 2.44. The van der Waals surface area contributed by atoms with Gasteiger partial charge in [0.05, 0.1) is 19.0 Å². The average Bonchev–Trinajstić information content (AvgIpc) is 3.10. The van der Waals surface area contributed by atoms with E-state index >= 15 is 0 Å². The number of nitrogens with two attached hydrogens (primary N) is 1. The topological polar surface area (TPSA) is 148 Å². The van der Waals surface area contributed by atoms with Crippen LogP contribution < -0.4 is 16.6 Å². The monoisotopic (exact) mass is 354 g/mol. The SMILES string of the molecule is CC(C)C(=O)Nc1nc2c(ncn2[C@@H]2O[C@H](CO)[C@@H](N)[C@H]2F)c(=O)[nH]1. The Morgan fingerprint density at radius 3 is 2.92 bits per heavy atom. The molecule has 5 N–H and O–H groups in total. The van der Waals surface area contributed by atoms with Crippen molar-refractivity contribution in [3.05, 3.63) is 16.7 Å². The number of amides is 1. The largest absolute Gasteiger partial charge is 0.394 e. The number of rotatable bonds is 4. The lowest BCUT2D eigenvalue weighted by Crippen LogP contribution is -2.39. The van der Waals surface area contributed by atoms with E-state index in [0.717, 1.165) is 0 Å². The number of aliphatic hydroxyl groups excluding tert-OH is 1. The second-order valence-electron chi connectivity index (χ2n) is 6.15. The number of fused-ring (bicyclic) bond motifs is 1. The minimum absolute atomic E-state index is 0.0284. The zero-order chi connectivity index (χ0) is 18.3. The molecule has 1 saturated heterocycles. The third-order valence-corrected chi connectivity index (χ3v) is 4.04. The number of halogens is 1. The predicted molar refractivity (Wildman–Crippen MR) is 85.5 cm³/mol. The summed E-state index contributed by atoms with van der Waals surface area (Å²) in [7, 11) is 0. The maximum Gasteiger partial charge on any atom is 0.280 e. The third-order valence-electron chi connectivity index (χ3n) is 4.04. The van der Waals surface area contributed by atoms with Gasteiger partial charge in [0.25, 0.3) is 5.56 Å². The van der Waals surface area contributed by atoms with Crippen molar-refractivity contribution < 1.29 is 19.0 Å². The van der Waals surface area contributed by atoms with Gasteiger partial charge in [-0.1, -0.05) is 13.8 Å². The van der Waals surface area contributed by atoms with Gasteiger partial charge in [0.2, 0.25) is 11.9 Å². The molecule has 11 heteroatoms. The third kappa shape index (κ3) is 3.01. The predicted octanol–water partition coefficient (Wildman–Crippen LogP) is -0.731. The summed E-state index contributed by atoms with van der Waals surface area (Å²) >= 11 is 0. The standard InChI is InChI=1S/C14H19FN6O4/c1-5(2)11(23)19-14-18-10-9(12(24)20-14)17-4-21(10)13-7(15)8(16)6(3-22)25-13/h4-8,13,22H,3,16H2,1-2H3,(H2,18,19,20,23,24)/t6-,7-,8-,13-/m1/s1. The highest BCUT2D eigenvalue weighted by molar-refractivity contribution is 5.91. The minimum atomic E-state index is -1.62. The molecule has 136 valence electrons. The second-order valence-corrected chi connectivity index (χ2v) is 6.15. The van der Waals surface area contributed by atoms with Gasteiger partial charge in [0, 0.05) is 5.92 Å². The molecular weight excluding hydrogens is 335 g/mol. The first-order valence-electron chi connectivity index (χ1n) is 7.77. The van der Waals surface area contributed by atoms with Crippen molar-refractivity contribution in [3.63, 3.8) is 0 Å². The zero-order valence-electron chi connectivity index (χ0n) is 13.6. The van der Waals surface area contributed by atoms with E-state index in [0.29, 0.717) is 0 Å². The van der Waals surface area contributed by atoms with Gasteiger partial charge in [-0.3, -0.25) is 24.5 Å². The average molecular weight is 354 g/mol. The number of imidazole rings is 1. The Kier molecular flexibility index (Phi) is 4.54. The number of H-pyrrole nitrogens is 1. The first kappa shape index (κ1) is 17.5. The molecule has 0 aliphatic carbocycles. The van der Waals surface area contributed by atoms with Crippen LogP contribution in [-0.4, -0.2) is 55.5 Å². The van der Waals surface area contributed by atoms with Crippen LogP contribution in [0.2, 0.25) is 0 Å². The van der Waals surface area contributed by atoms with E-state index in [9.17, 15) is 19.1 Å². The molecule has 25 heavy (non-hydrogen) atoms. The van der Waals surface area contributed by atoms with E-state index in [4.69, 9.17) is 10.5 Å². The van der Waals surface area contributed by atoms with E-state index in [1.54, 1.807) is 13.8 Å². The normalized spacial score (nSPS) is 26.5. The number of nitrogens with one attached hydrogen (secondary N) is 2. The maximum absolute atomic E-state index is 14.4. The Morgan fingerprint density at radius 1 is 1.60 bits per heavy atom. The van der Waals surface area contributed by atoms with Gasteiger partial charge >= 0.3 is 0 Å². The van der Waals surface area contributed by atoms with Crippen molar-refractivity contribution in [3.8, 4) is 0 Å². The Morgan fingerprint density at radius 2 is 2.32 bits per heavy atom. The molecule has 2 aromatic heterocycles. The molecule has 0 unspecified atom stereocenters. The molecule has 0 spiro atoms. The molecule has 0 bridgehead atoms. The molecule has 1 fully saturated rings. The maximum atomic E-state index is 14.4. The highest BCUT2D eigenvalue weighted by Crippen LogP contribution is 2.32. The molecule has 0 aromatic carbocycles. The molecule has 2 aromatic rings. The molecule has 3 rings (SSSR count). The first-order valence-corrected chi connectivity index (χ1v) is 7.77. The van der Waals surface area contributed by atoms with Crippen molar-refractivity contribution in [2.75, 3.05) is 11.9 Å². The number of aromatic amines is 1. The van der Waals surface area contributed by atoms with Crippen LogP contribution in [-0.2, 0) is 9.53 Å². The fourth-order valence-electron chi connectivity index (χ4n) is 2.56. The number of carbonyl (C=O) groups excluding carboxylic acids is 1. The van der Waals surface area contributed by atoms with Crippen LogP contribution in [0.5, 0.6) is 0 Å². The number of alkyl halides is 1. The number of aliphatic hydroxyl groups is 1. The summed E-state index contributed by atoms with van der Waals surface area (Å²) in [6, 6.07) is -1.02. The van der Waals surface area contributed by atoms with Crippen LogP contribution in [0.4, 0.5) is 10.3 Å². The molecule has 3 heterocycles. The summed E-state index contributed by atoms with van der Waals surface area (Å²) in [6.07, 6.45) is -2.46. The van der Waals surface area contributed by atoms with Gasteiger partial charge < -0.3 is 15.6 Å². The second kappa shape index (κ2) is 6.50. The summed E-state index contributed by atoms with van der Waals surface area (Å²) in [5.41, 5.74) is 5.12. The highest BCUT2D eigenvalue weighted by atomic mass is 19.1. The molecular formula is C14H19FN6O4. The van der Waals surface area contributed by atoms with Crippen LogP contribution in [0.25, 0.3) is 11.2 Å². The van der Waals surface area contributed by atoms with Crippen LogP contribution in [0.3, 0.4) is 0 Å². The summed E-state index contributed by atoms with van der Waals surface area (Å²) in [5.74, 6) is -0.728. The summed E-state index contributed by atoms with van der Waals surface area (Å²) < 4.78 is 21.1. The quantitative estimate of drug-likeness (QED) is 0.565. The van der Waals surface area contributed by atoms with Gasteiger partial charge in [0.15, 0.2) is 23.6 Å². The van der Waals surface area contributed by atoms with E-state index in [1.165, 1.54) is 10.9 Å². The fraction of sp³-hybridized carbons (Fsp3) is 0.571. The number of hydrogen-bond donors (Lipinski definition) is 4. The molecule has 1 aliphatic heterocycles. The van der Waals surface area contributed by atoms with Crippen molar-refractivity contribution in [2.45, 2.75) is 38.4 Å². The molecule has 10 nitrogen and oxygen atoms in total. The van der Waals surface area contributed by atoms with E-state index < -0.39 is 36.7 Å². The smallest absolute Gasteiger partial charge is 0.280 e. The van der Waals surface area contributed by atoms with Crippen molar-refractivity contribution in [1.29, 1.82) is 0 Å². The Labute approximate surface area is 141 Å². The Hall–Kier alpha value is -2.37. The number of nitrogens with zero attached hydrogens (tertiary/aromatic N) is 3. The van der Waals surface area contributed by atoms with Crippen molar-refractivity contribution in [1.82, 2.24) is 19.5 Å². The summed E-state index contributed by atoms with van der Waals surface area (Å²) in [5, 5.41) is 11.7. The van der Waals surface area contributed by atoms with Crippen LogP contribution >= 0.6 is 0 Å². The van der Waals surface area contributed by atoms with Gasteiger partial charge in [-0.25, -0.2) is 9.37 Å². The van der Waals surface area contributed by atoms with Crippen molar-refractivity contribution >= 4 is 23.0 Å². The van der Waals surface area contributed by atoms with Gasteiger partial charge in [-0.2, -0.15) is 4.98 Å². The number of ether oxygens (including phenoxy) is 1. The number of carbonyl (C=O) groups is 1. The van der Waals surface area contributed by atoms with E-state index in [-0.39, 0.29) is 28.9 Å². The van der Waals surface area contributed by atoms with Gasteiger partial charge in [-0.05, 0) is 0 Å². The molecule has 0 radical (unpaired) electrons. The molecule has 1 amide bonds. The Balaban J connectivity index is 2.01. The molecule has 1 aliphatic rings. The fourth-order valence-corrected chi connectivity index (χ4v) is 2.56. The number of anilines is 1. The van der Waals surface area contributed by atoms with E-state index in [1.807, 2.05) is 0 Å². The zero-order valence-corrected chi connectivity index (χ0v) is 13.6. The molecule has 4 atom stereocenters. The first-order chi connectivity index (χ1) is 11.8. The van der Waals surface area contributed by atoms with Crippen LogP contribution in [0, 0.1) is 5.92 Å². The lowest BCUT2D eigenvalue weighted by atomic mass is 10.1. The summed E-state index contributed by atoms with van der Waals surface area (Å²) in [6.45, 7) is 2.94. The lowest BCUT2D eigenvalue weighted by Gasteiger charge is -2.15. The number of aromatic nitrogens is 4. The van der Waals surface area contributed by atoms with Crippen LogP contribution in [0.15, 0.2) is 11.1 Å². The molecule has 0 saturated carbocycles. The Bertz CT molecular complexity index is 849. The number of hydrogen-bond acceptors (Lipinski definition) is 7. The minimum Gasteiger partial charge on any atom is -0.394 e.